The fourth-order valence-corrected chi connectivity index (χ4v) is 4.68. The summed E-state index contributed by atoms with van der Waals surface area (Å²) in [6.45, 7) is 2.11. The molecule has 2 N–H and O–H groups in total. The molecule has 1 aliphatic rings. The zero-order chi connectivity index (χ0) is 28.3. The van der Waals surface area contributed by atoms with Crippen molar-refractivity contribution < 1.29 is 14.0 Å². The van der Waals surface area contributed by atoms with Gasteiger partial charge >= 0.3 is 6.03 Å². The summed E-state index contributed by atoms with van der Waals surface area (Å²) in [7, 11) is 3.50. The van der Waals surface area contributed by atoms with Gasteiger partial charge in [-0.2, -0.15) is 4.80 Å². The number of carbonyl (C=O) groups is 2. The lowest BCUT2D eigenvalue weighted by atomic mass is 10.1. The number of nitrogens with one attached hydrogen (secondary N) is 2. The molecule has 6 rings (SSSR count). The highest BCUT2D eigenvalue weighted by Crippen LogP contribution is 2.29. The van der Waals surface area contributed by atoms with E-state index in [1.807, 2.05) is 42.5 Å². The monoisotopic (exact) mass is 552 g/mol. The summed E-state index contributed by atoms with van der Waals surface area (Å²) in [6.07, 6.45) is 1.55. The van der Waals surface area contributed by atoms with Crippen molar-refractivity contribution in [2.75, 3.05) is 38.1 Å². The number of aromatic nitrogens is 6. The summed E-state index contributed by atoms with van der Waals surface area (Å²) in [5, 5.41) is 18.7. The zero-order valence-corrected chi connectivity index (χ0v) is 22.6. The van der Waals surface area contributed by atoms with Gasteiger partial charge in [0.1, 0.15) is 11.2 Å². The second kappa shape index (κ2) is 11.1. The Morgan fingerprint density at radius 1 is 1.05 bits per heavy atom. The number of aryl methyl sites for hydroxylation is 1. The minimum absolute atomic E-state index is 0.0472. The van der Waals surface area contributed by atoms with Crippen LogP contribution in [0.3, 0.4) is 0 Å². The molecule has 13 nitrogen and oxygen atoms in total. The van der Waals surface area contributed by atoms with Gasteiger partial charge in [-0.15, -0.1) is 10.2 Å². The van der Waals surface area contributed by atoms with Crippen LogP contribution in [0.5, 0.6) is 0 Å². The molecule has 4 heterocycles. The molecule has 3 amide bonds. The average Bonchev–Trinajstić information content (AvgIpc) is 3.71. The Morgan fingerprint density at radius 2 is 1.90 bits per heavy atom. The normalized spacial score (nSPS) is 14.1. The molecule has 41 heavy (non-hydrogen) atoms. The predicted octanol–water partition coefficient (Wildman–Crippen LogP) is 2.39. The predicted molar refractivity (Wildman–Crippen MR) is 150 cm³/mol. The molecule has 0 spiro atoms. The lowest BCUT2D eigenvalue weighted by Gasteiger charge is -2.16. The quantitative estimate of drug-likeness (QED) is 0.263. The summed E-state index contributed by atoms with van der Waals surface area (Å²) in [5.41, 5.74) is 3.83. The van der Waals surface area contributed by atoms with Crippen LogP contribution in [-0.2, 0) is 7.05 Å². The van der Waals surface area contributed by atoms with Crippen molar-refractivity contribution >= 4 is 28.7 Å². The summed E-state index contributed by atoms with van der Waals surface area (Å²) in [5.74, 6) is 0.587. The number of urea groups is 1. The number of rotatable bonds is 9. The standard InChI is InChI=1S/C28H28N10O3/c1-36-14-15-38(28(36)40)20-8-9-23-21(17-20)32-27(41-23)19-10-11-29-22(16-19)26(39)31-13-12-30-24(18-6-4-3-5-7-18)25-33-35-37(2)34-25/h3-11,16-17,24,30H,12-15H2,1-2H3,(H,31,39). The maximum absolute atomic E-state index is 12.9. The Morgan fingerprint density at radius 3 is 2.66 bits per heavy atom. The van der Waals surface area contributed by atoms with Crippen LogP contribution in [0, 0.1) is 0 Å². The van der Waals surface area contributed by atoms with E-state index in [1.54, 1.807) is 48.3 Å². The van der Waals surface area contributed by atoms with Crippen molar-refractivity contribution in [1.29, 1.82) is 0 Å². The van der Waals surface area contributed by atoms with Gasteiger partial charge in [-0.25, -0.2) is 9.78 Å². The molecule has 1 aliphatic heterocycles. The number of hydrogen-bond donors (Lipinski definition) is 2. The van der Waals surface area contributed by atoms with Gasteiger partial charge < -0.3 is 20.0 Å². The highest BCUT2D eigenvalue weighted by molar-refractivity contribution is 5.96. The molecule has 0 saturated carbocycles. The topological polar surface area (TPSA) is 147 Å². The van der Waals surface area contributed by atoms with Crippen molar-refractivity contribution in [2.24, 2.45) is 7.05 Å². The largest absolute Gasteiger partial charge is 0.436 e. The fourth-order valence-electron chi connectivity index (χ4n) is 4.68. The molecular weight excluding hydrogens is 524 g/mol. The number of likely N-dealkylation sites (N-methyl/N-ethyl adjacent to an activating group) is 1. The lowest BCUT2D eigenvalue weighted by molar-refractivity contribution is 0.0948. The first-order chi connectivity index (χ1) is 20.0. The molecule has 208 valence electrons. The molecule has 5 aromatic rings. The van der Waals surface area contributed by atoms with E-state index in [0.717, 1.165) is 11.3 Å². The zero-order valence-electron chi connectivity index (χ0n) is 22.6. The third-order valence-corrected chi connectivity index (χ3v) is 6.81. The summed E-state index contributed by atoms with van der Waals surface area (Å²) in [4.78, 5) is 38.9. The van der Waals surface area contributed by atoms with Crippen LogP contribution in [0.1, 0.15) is 27.9 Å². The highest BCUT2D eigenvalue weighted by Gasteiger charge is 2.27. The number of tetrazole rings is 1. The molecule has 13 heteroatoms. The van der Waals surface area contributed by atoms with Crippen LogP contribution >= 0.6 is 0 Å². The Balaban J connectivity index is 1.11. The SMILES string of the molecule is CN1CCN(c2ccc3oc(-c4ccnc(C(=O)NCCNC(c5ccccc5)c5nnn(C)n5)c4)nc3c2)C1=O. The Labute approximate surface area is 235 Å². The molecule has 1 saturated heterocycles. The minimum Gasteiger partial charge on any atom is -0.436 e. The number of oxazole rings is 1. The van der Waals surface area contributed by atoms with E-state index >= 15 is 0 Å². The second-order valence-electron chi connectivity index (χ2n) is 9.65. The highest BCUT2D eigenvalue weighted by atomic mass is 16.3. The molecule has 1 unspecified atom stereocenters. The van der Waals surface area contributed by atoms with Crippen LogP contribution in [0.25, 0.3) is 22.6 Å². The van der Waals surface area contributed by atoms with Gasteiger partial charge in [0.15, 0.2) is 11.4 Å². The number of nitrogens with zero attached hydrogens (tertiary/aromatic N) is 8. The van der Waals surface area contributed by atoms with Gasteiger partial charge in [0.25, 0.3) is 5.91 Å². The third kappa shape index (κ3) is 5.47. The smallest absolute Gasteiger partial charge is 0.324 e. The van der Waals surface area contributed by atoms with Gasteiger partial charge in [0.2, 0.25) is 5.89 Å². The molecule has 1 fully saturated rings. The first-order valence-electron chi connectivity index (χ1n) is 13.2. The molecule has 3 aromatic heterocycles. The van der Waals surface area contributed by atoms with E-state index in [4.69, 9.17) is 4.42 Å². The Hall–Kier alpha value is -5.17. The van der Waals surface area contributed by atoms with Crippen molar-refractivity contribution in [3.05, 3.63) is 83.9 Å². The number of pyridine rings is 1. The summed E-state index contributed by atoms with van der Waals surface area (Å²) < 4.78 is 5.95. The molecule has 2 aromatic carbocycles. The molecule has 1 atom stereocenters. The molecule has 0 radical (unpaired) electrons. The number of fused-ring (bicyclic) bond motifs is 1. The van der Waals surface area contributed by atoms with Gasteiger partial charge in [-0.3, -0.25) is 14.7 Å². The Bertz CT molecular complexity index is 1700. The molecule has 0 bridgehead atoms. The lowest BCUT2D eigenvalue weighted by Crippen LogP contribution is -2.34. The van der Waals surface area contributed by atoms with E-state index < -0.39 is 0 Å². The van der Waals surface area contributed by atoms with Crippen molar-refractivity contribution in [3.63, 3.8) is 0 Å². The van der Waals surface area contributed by atoms with Gasteiger partial charge in [-0.1, -0.05) is 30.3 Å². The van der Waals surface area contributed by atoms with Gasteiger partial charge in [0, 0.05) is 50.7 Å². The van der Waals surface area contributed by atoms with Crippen LogP contribution < -0.4 is 15.5 Å². The van der Waals surface area contributed by atoms with E-state index in [0.29, 0.717) is 54.6 Å². The van der Waals surface area contributed by atoms with Gasteiger partial charge in [0.05, 0.1) is 13.1 Å². The van der Waals surface area contributed by atoms with E-state index in [2.05, 4.69) is 36.0 Å². The minimum atomic E-state index is -0.322. The van der Waals surface area contributed by atoms with Crippen LogP contribution in [0.2, 0.25) is 0 Å². The fraction of sp³-hybridized carbons (Fsp3) is 0.250. The molecule has 0 aliphatic carbocycles. The number of hydrogen-bond acceptors (Lipinski definition) is 9. The first kappa shape index (κ1) is 26.1. The number of amides is 3. The van der Waals surface area contributed by atoms with Crippen LogP contribution in [0.4, 0.5) is 10.5 Å². The van der Waals surface area contributed by atoms with E-state index in [-0.39, 0.29) is 23.7 Å². The van der Waals surface area contributed by atoms with E-state index in [9.17, 15) is 9.59 Å². The maximum Gasteiger partial charge on any atom is 0.324 e. The van der Waals surface area contributed by atoms with Gasteiger partial charge in [-0.05, 0) is 41.1 Å². The van der Waals surface area contributed by atoms with Crippen LogP contribution in [0.15, 0.2) is 71.3 Å². The Kier molecular flexibility index (Phi) is 7.08. The second-order valence-corrected chi connectivity index (χ2v) is 9.65. The van der Waals surface area contributed by atoms with E-state index in [1.165, 1.54) is 4.80 Å². The van der Waals surface area contributed by atoms with Crippen LogP contribution in [-0.4, -0.2) is 80.2 Å². The first-order valence-corrected chi connectivity index (χ1v) is 13.2. The summed E-state index contributed by atoms with van der Waals surface area (Å²) >= 11 is 0. The number of carbonyl (C=O) groups excluding carboxylic acids is 2. The third-order valence-electron chi connectivity index (χ3n) is 6.81. The maximum atomic E-state index is 12.9. The van der Waals surface area contributed by atoms with Crippen molar-refractivity contribution in [1.82, 2.24) is 45.7 Å². The molecular formula is C28H28N10O3. The average molecular weight is 553 g/mol. The number of anilines is 1. The van der Waals surface area contributed by atoms with Crippen molar-refractivity contribution in [3.8, 4) is 11.5 Å². The summed E-state index contributed by atoms with van der Waals surface area (Å²) in [6, 6.07) is 18.4. The number of benzene rings is 2. The van der Waals surface area contributed by atoms with Crippen molar-refractivity contribution in [2.45, 2.75) is 6.04 Å².